The number of rotatable bonds is 14. The number of benzene rings is 2. The Morgan fingerprint density at radius 1 is 0.729 bits per heavy atom. The zero-order valence-corrected chi connectivity index (χ0v) is 49.6. The summed E-state index contributed by atoms with van der Waals surface area (Å²) in [6.45, 7) is 29.8. The van der Waals surface area contributed by atoms with E-state index in [1.54, 1.807) is 7.11 Å². The third-order valence-corrected chi connectivity index (χ3v) is 18.4. The summed E-state index contributed by atoms with van der Waals surface area (Å²) in [5.41, 5.74) is 3.92. The lowest BCUT2D eigenvalue weighted by molar-refractivity contribution is -0.271. The number of hydrogen-bond donors (Lipinski definition) is 1. The van der Waals surface area contributed by atoms with Gasteiger partial charge in [-0.15, -0.1) is 0 Å². The van der Waals surface area contributed by atoms with Crippen LogP contribution in [-0.4, -0.2) is 88.6 Å². The molecule has 16 heteroatoms. The van der Waals surface area contributed by atoms with Crippen molar-refractivity contribution in [3.63, 3.8) is 0 Å². The molecule has 0 aliphatic heterocycles. The van der Waals surface area contributed by atoms with Crippen molar-refractivity contribution in [3.8, 4) is 12.1 Å². The van der Waals surface area contributed by atoms with E-state index in [0.717, 1.165) is 64.3 Å². The molecule has 2 fully saturated rings. The van der Waals surface area contributed by atoms with Gasteiger partial charge in [0.2, 0.25) is 6.29 Å². The second-order valence-electron chi connectivity index (χ2n) is 21.6. The van der Waals surface area contributed by atoms with Crippen molar-refractivity contribution in [3.05, 3.63) is 67.6 Å². The van der Waals surface area contributed by atoms with Gasteiger partial charge < -0.3 is 28.4 Å². The Labute approximate surface area is 442 Å². The van der Waals surface area contributed by atoms with Crippen LogP contribution in [0.4, 0.5) is 0 Å². The average Bonchev–Trinajstić information content (AvgIpc) is 3.69. The predicted octanol–water partition coefficient (Wildman–Crippen LogP) is 11.8. The summed E-state index contributed by atoms with van der Waals surface area (Å²) in [5, 5.41) is 19.1. The molecule has 6 rings (SSSR count). The first-order chi connectivity index (χ1) is 32.8. The van der Waals surface area contributed by atoms with E-state index >= 15 is 0 Å². The molecule has 0 heterocycles. The highest BCUT2D eigenvalue weighted by atomic mass is 79.9. The number of halogens is 2. The lowest BCUT2D eigenvalue weighted by Crippen LogP contribution is -2.71. The highest BCUT2D eigenvalue weighted by Gasteiger charge is 2.72. The van der Waals surface area contributed by atoms with Gasteiger partial charge in [-0.05, 0) is 172 Å². The van der Waals surface area contributed by atoms with Gasteiger partial charge in [0.15, 0.2) is 0 Å². The van der Waals surface area contributed by atoms with Gasteiger partial charge >= 0.3 is 0 Å². The molecule has 2 saturated carbocycles. The number of ether oxygens (including phenoxy) is 6. The first-order valence-corrected chi connectivity index (χ1v) is 28.8. The first kappa shape index (κ1) is 60.6. The van der Waals surface area contributed by atoms with Crippen molar-refractivity contribution in [2.24, 2.45) is 38.9 Å². The molecule has 2 aromatic rings. The van der Waals surface area contributed by atoms with E-state index in [1.807, 2.05) is 88.5 Å². The Balaban J connectivity index is 0.000000266. The molecule has 392 valence electrons. The molecular weight excluding hydrogens is 1060 g/mol. The standard InChI is InChI=1S/C27H41BrN2O4S.C21H30BrNO2S.C6H11NO2/c1-9-33-26(17-29,34-10-2)27(30-35(31)24(5,6)7)22-13-21(28)12-11-20(22)16-25(27)14-18(3)23(32-8)19(4)15-25;1-13-10-21(11-14(2)18(13)25-6)12-15-7-8-16(22)9-17(15)19(21)23-26(24)20(3,4)5;1-3-8-6(5-7)9-4-2/h11-13,18-19,23,30H,9-10,14-16H2,1-8H3;7-9,13-14,18H,10-12H2,1-6H3;6H,3-4H2,1-2H3/t18-,19+,23?,25?,27-,35-;13-,14+,18?,21?,26-;/m00./s1. The number of hydrogen-bond acceptors (Lipinski definition) is 10. The minimum absolute atomic E-state index is 0.0299. The zero-order valence-electron chi connectivity index (χ0n) is 44.8. The maximum atomic E-state index is 13.9. The van der Waals surface area contributed by atoms with Gasteiger partial charge in [0.1, 0.15) is 28.7 Å². The quantitative estimate of drug-likeness (QED) is 0.180. The van der Waals surface area contributed by atoms with Crippen molar-refractivity contribution in [2.75, 3.05) is 40.6 Å². The minimum Gasteiger partial charge on any atom is -0.381 e. The smallest absolute Gasteiger partial charge is 0.283 e. The van der Waals surface area contributed by atoms with Crippen LogP contribution in [0.3, 0.4) is 0 Å². The van der Waals surface area contributed by atoms with E-state index in [1.165, 1.54) is 11.1 Å². The molecule has 0 bridgehead atoms. The second kappa shape index (κ2) is 25.1. The van der Waals surface area contributed by atoms with Gasteiger partial charge in [0.05, 0.1) is 38.4 Å². The number of nitrogens with zero attached hydrogens (tertiary/aromatic N) is 3. The Morgan fingerprint density at radius 2 is 1.21 bits per heavy atom. The van der Waals surface area contributed by atoms with Gasteiger partial charge in [-0.2, -0.15) is 14.9 Å². The van der Waals surface area contributed by atoms with E-state index in [-0.39, 0.29) is 47.4 Å². The molecule has 0 saturated heterocycles. The second-order valence-corrected chi connectivity index (χ2v) is 27.3. The van der Waals surface area contributed by atoms with Crippen molar-refractivity contribution in [2.45, 2.75) is 175 Å². The first-order valence-electron chi connectivity index (χ1n) is 24.9. The van der Waals surface area contributed by atoms with Crippen LogP contribution in [0, 0.1) is 57.2 Å². The summed E-state index contributed by atoms with van der Waals surface area (Å²) < 4.78 is 70.3. The van der Waals surface area contributed by atoms with Gasteiger partial charge in [0, 0.05) is 66.0 Å². The van der Waals surface area contributed by atoms with Crippen molar-refractivity contribution in [1.29, 1.82) is 10.5 Å². The zero-order chi connectivity index (χ0) is 52.6. The van der Waals surface area contributed by atoms with E-state index in [9.17, 15) is 13.7 Å². The number of methoxy groups -OCH3 is 2. The summed E-state index contributed by atoms with van der Waals surface area (Å²) in [4.78, 5) is 0. The maximum absolute atomic E-state index is 13.9. The van der Waals surface area contributed by atoms with Crippen LogP contribution in [0.1, 0.15) is 145 Å². The van der Waals surface area contributed by atoms with Crippen LogP contribution < -0.4 is 4.72 Å². The molecule has 4 unspecified atom stereocenters. The normalized spacial score (nSPS) is 29.9. The number of nitrogens with one attached hydrogen (secondary N) is 1. The van der Waals surface area contributed by atoms with Gasteiger partial charge in [0.25, 0.3) is 5.79 Å². The summed E-state index contributed by atoms with van der Waals surface area (Å²) in [5.74, 6) is -0.316. The van der Waals surface area contributed by atoms with Crippen LogP contribution in [-0.2, 0) is 68.8 Å². The lowest BCUT2D eigenvalue weighted by atomic mass is 9.54. The highest BCUT2D eigenvalue weighted by molar-refractivity contribution is 9.10. The third-order valence-electron chi connectivity index (χ3n) is 14.4. The molecule has 1 N–H and O–H groups in total. The summed E-state index contributed by atoms with van der Waals surface area (Å²) in [6, 6.07) is 17.0. The summed E-state index contributed by atoms with van der Waals surface area (Å²) in [7, 11) is 0.829. The van der Waals surface area contributed by atoms with E-state index < -0.39 is 49.7 Å². The van der Waals surface area contributed by atoms with Gasteiger partial charge in [-0.25, -0.2) is 13.1 Å². The van der Waals surface area contributed by atoms with Crippen LogP contribution >= 0.6 is 31.9 Å². The molecule has 70 heavy (non-hydrogen) atoms. The fourth-order valence-corrected chi connectivity index (χ4v) is 14.6. The molecule has 0 radical (unpaired) electrons. The Hall–Kier alpha value is -1.93. The molecular formula is C54H82Br2N4O8S2. The largest absolute Gasteiger partial charge is 0.381 e. The maximum Gasteiger partial charge on any atom is 0.283 e. The van der Waals surface area contributed by atoms with Crippen LogP contribution in [0.25, 0.3) is 0 Å². The van der Waals surface area contributed by atoms with Crippen molar-refractivity contribution < 1.29 is 36.8 Å². The minimum atomic E-state index is -1.68. The Bertz CT molecular complexity index is 2220. The molecule has 4 aliphatic carbocycles. The fraction of sp³-hybridized carbons (Fsp3) is 0.722. The predicted molar refractivity (Wildman–Crippen MR) is 289 cm³/mol. The van der Waals surface area contributed by atoms with Crippen molar-refractivity contribution >= 4 is 59.5 Å². The van der Waals surface area contributed by atoms with E-state index in [4.69, 9.17) is 38.1 Å². The van der Waals surface area contributed by atoms with Gasteiger partial charge in [-0.3, -0.25) is 0 Å². The summed E-state index contributed by atoms with van der Waals surface area (Å²) in [6.07, 6.45) is 5.05. The van der Waals surface area contributed by atoms with E-state index in [0.29, 0.717) is 25.0 Å². The third kappa shape index (κ3) is 12.8. The van der Waals surface area contributed by atoms with E-state index in [2.05, 4.69) is 101 Å². The molecule has 11 atom stereocenters. The Morgan fingerprint density at radius 3 is 1.64 bits per heavy atom. The molecule has 12 nitrogen and oxygen atoms in total. The Kier molecular flexibility index (Phi) is 21.7. The van der Waals surface area contributed by atoms with Crippen LogP contribution in [0.15, 0.2) is 49.7 Å². The van der Waals surface area contributed by atoms with Crippen LogP contribution in [0.2, 0.25) is 0 Å². The van der Waals surface area contributed by atoms with Crippen molar-refractivity contribution in [1.82, 2.24) is 4.72 Å². The topological polar surface area (TPSA) is 161 Å². The molecule has 2 spiro atoms. The monoisotopic (exact) mass is 1140 g/mol. The molecule has 4 aliphatic rings. The molecule has 2 aromatic carbocycles. The highest BCUT2D eigenvalue weighted by Crippen LogP contribution is 2.65. The lowest BCUT2D eigenvalue weighted by Gasteiger charge is -2.58. The van der Waals surface area contributed by atoms with Crippen LogP contribution in [0.5, 0.6) is 0 Å². The SMILES string of the molecule is CCOC(C#N)(OCC)[C@]1(N[S@@](=O)C(C)(C)C)c2cc(Br)ccc2CC12C[C@@H](C)C(OC)[C@@H](C)C2.CCOC(C#N)OCC.COC1[C@H](C)CC2(Cc3ccc(Br)cc3C2=N[S@@](=O)C(C)(C)C)C[C@@H]1C. The number of nitriles is 2. The average molecular weight is 1140 g/mol. The summed E-state index contributed by atoms with van der Waals surface area (Å²) >= 11 is 7.26. The molecule has 0 aromatic heterocycles. The fourth-order valence-electron chi connectivity index (χ4n) is 12.1. The molecule has 0 amide bonds. The van der Waals surface area contributed by atoms with Gasteiger partial charge in [-0.1, -0.05) is 71.7 Å². The number of fused-ring (bicyclic) bond motifs is 2.